The molecule has 0 spiro atoms. The maximum Gasteiger partial charge on any atom is 0.191 e. The first-order chi connectivity index (χ1) is 9.06. The molecular formula is C12H15N5S2. The van der Waals surface area contributed by atoms with Gasteiger partial charge < -0.3 is 5.73 Å². The van der Waals surface area contributed by atoms with Crippen LogP contribution >= 0.6 is 23.5 Å². The van der Waals surface area contributed by atoms with Crippen LogP contribution in [0.1, 0.15) is 17.2 Å². The second kappa shape index (κ2) is 6.21. The number of anilines is 1. The average Bonchev–Trinajstić information content (AvgIpc) is 2.34. The third-order valence-electron chi connectivity index (χ3n) is 2.27. The number of nitrogen functional groups attached to an aromatic ring is 1. The Bertz CT molecular complexity index is 568. The van der Waals surface area contributed by atoms with Gasteiger partial charge in [0.15, 0.2) is 5.16 Å². The summed E-state index contributed by atoms with van der Waals surface area (Å²) >= 11 is 3.04. The second-order valence-corrected chi connectivity index (χ2v) is 5.74. The molecule has 2 N–H and O–H groups in total. The Kier molecular flexibility index (Phi) is 4.60. The number of nitrogens with two attached hydrogens (primary N) is 1. The van der Waals surface area contributed by atoms with Gasteiger partial charge in [-0.3, -0.25) is 0 Å². The Morgan fingerprint density at radius 2 is 1.74 bits per heavy atom. The molecule has 0 saturated carbocycles. The topological polar surface area (TPSA) is 77.6 Å². The number of thioether (sulfide) groups is 2. The van der Waals surface area contributed by atoms with E-state index in [0.717, 1.165) is 22.2 Å². The van der Waals surface area contributed by atoms with E-state index in [1.165, 1.54) is 11.8 Å². The van der Waals surface area contributed by atoms with Crippen LogP contribution in [0.15, 0.2) is 22.3 Å². The molecule has 0 bridgehead atoms. The summed E-state index contributed by atoms with van der Waals surface area (Å²) in [7, 11) is 0. The summed E-state index contributed by atoms with van der Waals surface area (Å²) in [6, 6.07) is 3.72. The van der Waals surface area contributed by atoms with Crippen LogP contribution in [-0.2, 0) is 5.75 Å². The summed E-state index contributed by atoms with van der Waals surface area (Å²) in [5.74, 6) is 1.92. The number of aromatic nitrogens is 4. The maximum absolute atomic E-state index is 5.74. The van der Waals surface area contributed by atoms with E-state index in [-0.39, 0.29) is 0 Å². The fourth-order valence-electron chi connectivity index (χ4n) is 1.58. The minimum atomic E-state index is 0.489. The molecule has 2 heterocycles. The van der Waals surface area contributed by atoms with Crippen LogP contribution in [0.4, 0.5) is 5.82 Å². The summed E-state index contributed by atoms with van der Waals surface area (Å²) in [4.78, 5) is 17.4. The quantitative estimate of drug-likeness (QED) is 0.527. The van der Waals surface area contributed by atoms with E-state index in [1.807, 2.05) is 26.2 Å². The van der Waals surface area contributed by atoms with E-state index in [4.69, 9.17) is 5.73 Å². The maximum atomic E-state index is 5.74. The van der Waals surface area contributed by atoms with Crippen molar-refractivity contribution in [3.05, 3.63) is 29.3 Å². The Morgan fingerprint density at radius 1 is 1.05 bits per heavy atom. The predicted molar refractivity (Wildman–Crippen MR) is 79.3 cm³/mol. The molecule has 2 aromatic rings. The second-order valence-electron chi connectivity index (χ2n) is 3.97. The average molecular weight is 293 g/mol. The highest BCUT2D eigenvalue weighted by Gasteiger charge is 2.06. The molecule has 0 unspecified atom stereocenters. The first-order valence-electron chi connectivity index (χ1n) is 5.69. The van der Waals surface area contributed by atoms with Crippen molar-refractivity contribution in [1.82, 2.24) is 19.9 Å². The van der Waals surface area contributed by atoms with Crippen LogP contribution in [0.3, 0.4) is 0 Å². The number of nitrogens with zero attached hydrogens (tertiary/aromatic N) is 4. The van der Waals surface area contributed by atoms with Gasteiger partial charge in [0, 0.05) is 17.5 Å². The van der Waals surface area contributed by atoms with Gasteiger partial charge in [-0.1, -0.05) is 11.8 Å². The lowest BCUT2D eigenvalue weighted by atomic mass is 10.3. The zero-order valence-electron chi connectivity index (χ0n) is 11.0. The van der Waals surface area contributed by atoms with Gasteiger partial charge in [-0.25, -0.2) is 19.9 Å². The molecule has 0 aliphatic heterocycles. The molecule has 0 amide bonds. The van der Waals surface area contributed by atoms with Crippen molar-refractivity contribution in [2.24, 2.45) is 0 Å². The fourth-order valence-corrected chi connectivity index (χ4v) is 2.78. The van der Waals surface area contributed by atoms with Crippen LogP contribution in [0.5, 0.6) is 0 Å². The number of rotatable bonds is 4. The Morgan fingerprint density at radius 3 is 2.37 bits per heavy atom. The Labute approximate surface area is 120 Å². The molecule has 100 valence electrons. The number of hydrogen-bond acceptors (Lipinski definition) is 7. The van der Waals surface area contributed by atoms with E-state index in [1.54, 1.807) is 17.8 Å². The lowest BCUT2D eigenvalue weighted by Crippen LogP contribution is -1.99. The molecule has 0 atom stereocenters. The van der Waals surface area contributed by atoms with Gasteiger partial charge in [0.1, 0.15) is 16.7 Å². The van der Waals surface area contributed by atoms with E-state index in [0.29, 0.717) is 16.7 Å². The van der Waals surface area contributed by atoms with Crippen molar-refractivity contribution in [2.75, 3.05) is 12.0 Å². The van der Waals surface area contributed by atoms with Gasteiger partial charge in [0.2, 0.25) is 0 Å². The van der Waals surface area contributed by atoms with Crippen LogP contribution in [0.25, 0.3) is 0 Å². The fraction of sp³-hybridized carbons (Fsp3) is 0.333. The van der Waals surface area contributed by atoms with Gasteiger partial charge >= 0.3 is 0 Å². The predicted octanol–water partition coefficient (Wildman–Crippen LogP) is 2.48. The monoisotopic (exact) mass is 293 g/mol. The van der Waals surface area contributed by atoms with Gasteiger partial charge in [0.05, 0.1) is 5.75 Å². The van der Waals surface area contributed by atoms with Gasteiger partial charge in [-0.05, 0) is 26.2 Å². The highest BCUT2D eigenvalue weighted by atomic mass is 32.2. The highest BCUT2D eigenvalue weighted by Crippen LogP contribution is 2.22. The largest absolute Gasteiger partial charge is 0.384 e. The van der Waals surface area contributed by atoms with Crippen LogP contribution in [0, 0.1) is 13.8 Å². The summed E-state index contributed by atoms with van der Waals surface area (Å²) in [6.45, 7) is 3.93. The lowest BCUT2D eigenvalue weighted by molar-refractivity contribution is 0.894. The third kappa shape index (κ3) is 4.07. The molecule has 2 rings (SSSR count). The molecular weight excluding hydrogens is 278 g/mol. The van der Waals surface area contributed by atoms with Crippen LogP contribution in [0.2, 0.25) is 0 Å². The number of hydrogen-bond donors (Lipinski definition) is 1. The Balaban J connectivity index is 2.11. The van der Waals surface area contributed by atoms with Crippen LogP contribution in [-0.4, -0.2) is 26.2 Å². The molecule has 0 aromatic carbocycles. The zero-order valence-corrected chi connectivity index (χ0v) is 12.7. The molecule has 0 aliphatic carbocycles. The number of aryl methyl sites for hydroxylation is 2. The SMILES string of the molecule is CSc1cc(N)nc(SCc2nc(C)cc(C)n2)n1. The molecule has 0 fully saturated rings. The molecule has 0 aliphatic rings. The van der Waals surface area contributed by atoms with Crippen LogP contribution < -0.4 is 5.73 Å². The molecule has 7 heteroatoms. The van der Waals surface area contributed by atoms with Crippen molar-refractivity contribution in [3.63, 3.8) is 0 Å². The van der Waals surface area contributed by atoms with Crippen molar-refractivity contribution >= 4 is 29.3 Å². The van der Waals surface area contributed by atoms with Crippen molar-refractivity contribution in [2.45, 2.75) is 29.8 Å². The molecule has 0 radical (unpaired) electrons. The van der Waals surface area contributed by atoms with Crippen molar-refractivity contribution in [1.29, 1.82) is 0 Å². The molecule has 2 aromatic heterocycles. The first kappa shape index (κ1) is 14.1. The lowest BCUT2D eigenvalue weighted by Gasteiger charge is -2.04. The smallest absolute Gasteiger partial charge is 0.191 e. The minimum absolute atomic E-state index is 0.489. The Hall–Kier alpha value is -1.34. The van der Waals surface area contributed by atoms with Gasteiger partial charge in [0.25, 0.3) is 0 Å². The van der Waals surface area contributed by atoms with Crippen molar-refractivity contribution in [3.8, 4) is 0 Å². The van der Waals surface area contributed by atoms with Crippen molar-refractivity contribution < 1.29 is 0 Å². The summed E-state index contributed by atoms with van der Waals surface area (Å²) in [5.41, 5.74) is 7.69. The van der Waals surface area contributed by atoms with E-state index < -0.39 is 0 Å². The zero-order chi connectivity index (χ0) is 13.8. The van der Waals surface area contributed by atoms with E-state index in [2.05, 4.69) is 19.9 Å². The summed E-state index contributed by atoms with van der Waals surface area (Å²) in [5, 5.41) is 1.53. The molecule has 5 nitrogen and oxygen atoms in total. The highest BCUT2D eigenvalue weighted by molar-refractivity contribution is 7.99. The molecule has 19 heavy (non-hydrogen) atoms. The summed E-state index contributed by atoms with van der Waals surface area (Å²) in [6.07, 6.45) is 1.96. The van der Waals surface area contributed by atoms with E-state index in [9.17, 15) is 0 Å². The third-order valence-corrected chi connectivity index (χ3v) is 3.74. The molecule has 0 saturated heterocycles. The normalized spacial score (nSPS) is 10.7. The van der Waals surface area contributed by atoms with Gasteiger partial charge in [-0.2, -0.15) is 0 Å². The van der Waals surface area contributed by atoms with E-state index >= 15 is 0 Å². The standard InChI is InChI=1S/C12H15N5S2/c1-7-4-8(2)15-10(14-7)6-19-12-16-9(13)5-11(17-12)18-3/h4-5H,6H2,1-3H3,(H2,13,16,17). The summed E-state index contributed by atoms with van der Waals surface area (Å²) < 4.78 is 0. The first-order valence-corrected chi connectivity index (χ1v) is 7.90. The minimum Gasteiger partial charge on any atom is -0.384 e. The van der Waals surface area contributed by atoms with Gasteiger partial charge in [-0.15, -0.1) is 11.8 Å².